The molecule has 23 heavy (non-hydrogen) atoms. The summed E-state index contributed by atoms with van der Waals surface area (Å²) >= 11 is 5.79. The summed E-state index contributed by atoms with van der Waals surface area (Å²) in [5.41, 5.74) is 0.944. The van der Waals surface area contributed by atoms with E-state index < -0.39 is 11.0 Å². The third-order valence-electron chi connectivity index (χ3n) is 3.34. The Morgan fingerprint density at radius 3 is 2.52 bits per heavy atom. The van der Waals surface area contributed by atoms with E-state index in [1.165, 1.54) is 25.1 Å². The number of hydrogen-bond acceptors (Lipinski definition) is 5. The summed E-state index contributed by atoms with van der Waals surface area (Å²) < 4.78 is 0. The number of carbonyl (C=O) groups is 1. The number of aliphatic hydroxyl groups is 1. The molecule has 0 aliphatic carbocycles. The SMILES string of the molecule is CC(=O)c1ccc(NCC(O)c2ccc(Cl)cc2)c([N+](=O)[O-])c1. The van der Waals surface area contributed by atoms with Gasteiger partial charge in [-0.1, -0.05) is 23.7 Å². The lowest BCUT2D eigenvalue weighted by molar-refractivity contribution is -0.384. The van der Waals surface area contributed by atoms with Gasteiger partial charge in [-0.05, 0) is 36.8 Å². The molecular formula is C16H15ClN2O4. The van der Waals surface area contributed by atoms with Crippen molar-refractivity contribution in [3.8, 4) is 0 Å². The molecule has 0 aromatic heterocycles. The van der Waals surface area contributed by atoms with Gasteiger partial charge in [0.25, 0.3) is 5.69 Å². The second-order valence-electron chi connectivity index (χ2n) is 4.99. The van der Waals surface area contributed by atoms with Crippen LogP contribution < -0.4 is 5.32 Å². The van der Waals surface area contributed by atoms with E-state index in [9.17, 15) is 20.0 Å². The normalized spacial score (nSPS) is 11.8. The Morgan fingerprint density at radius 2 is 1.96 bits per heavy atom. The molecule has 120 valence electrons. The maximum absolute atomic E-state index is 11.3. The van der Waals surface area contributed by atoms with E-state index in [1.54, 1.807) is 24.3 Å². The van der Waals surface area contributed by atoms with Crippen molar-refractivity contribution in [1.29, 1.82) is 0 Å². The first kappa shape index (κ1) is 16.9. The minimum atomic E-state index is -0.848. The Labute approximate surface area is 137 Å². The summed E-state index contributed by atoms with van der Waals surface area (Å²) in [6, 6.07) is 10.9. The number of nitro benzene ring substituents is 1. The number of nitrogens with one attached hydrogen (secondary N) is 1. The van der Waals surface area contributed by atoms with Crippen molar-refractivity contribution < 1.29 is 14.8 Å². The lowest BCUT2D eigenvalue weighted by Crippen LogP contribution is -2.13. The van der Waals surface area contributed by atoms with Gasteiger partial charge >= 0.3 is 0 Å². The molecule has 0 radical (unpaired) electrons. The summed E-state index contributed by atoms with van der Waals surface area (Å²) in [7, 11) is 0. The second-order valence-corrected chi connectivity index (χ2v) is 5.43. The summed E-state index contributed by atoms with van der Waals surface area (Å²) in [4.78, 5) is 21.9. The number of nitro groups is 1. The molecule has 1 unspecified atom stereocenters. The third kappa shape index (κ3) is 4.28. The van der Waals surface area contributed by atoms with Gasteiger partial charge in [-0.2, -0.15) is 0 Å². The molecule has 0 aliphatic rings. The van der Waals surface area contributed by atoms with Crippen LogP contribution in [-0.2, 0) is 0 Å². The van der Waals surface area contributed by atoms with Crippen molar-refractivity contribution >= 4 is 28.8 Å². The predicted octanol–water partition coefficient (Wildman–Crippen LogP) is 3.60. The van der Waals surface area contributed by atoms with Crippen molar-refractivity contribution in [3.63, 3.8) is 0 Å². The van der Waals surface area contributed by atoms with Gasteiger partial charge in [-0.3, -0.25) is 14.9 Å². The molecule has 2 N–H and O–H groups in total. The standard InChI is InChI=1S/C16H15ClN2O4/c1-10(20)12-4-7-14(15(8-12)19(22)23)18-9-16(21)11-2-5-13(17)6-3-11/h2-8,16,18,21H,9H2,1H3. The number of nitrogens with zero attached hydrogens (tertiary/aromatic N) is 1. The molecule has 0 bridgehead atoms. The van der Waals surface area contributed by atoms with Crippen LogP contribution in [-0.4, -0.2) is 22.4 Å². The second kappa shape index (κ2) is 7.21. The van der Waals surface area contributed by atoms with Crippen molar-refractivity contribution in [1.82, 2.24) is 0 Å². The van der Waals surface area contributed by atoms with Crippen LogP contribution in [0.15, 0.2) is 42.5 Å². The van der Waals surface area contributed by atoms with Crippen LogP contribution in [0, 0.1) is 10.1 Å². The highest BCUT2D eigenvalue weighted by atomic mass is 35.5. The van der Waals surface area contributed by atoms with Crippen molar-refractivity contribution in [2.45, 2.75) is 13.0 Å². The first-order valence-corrected chi connectivity index (χ1v) is 7.23. The van der Waals surface area contributed by atoms with Gasteiger partial charge in [0.1, 0.15) is 5.69 Å². The zero-order chi connectivity index (χ0) is 17.0. The van der Waals surface area contributed by atoms with E-state index in [0.717, 1.165) is 0 Å². The van der Waals surface area contributed by atoms with Gasteiger partial charge in [-0.25, -0.2) is 0 Å². The van der Waals surface area contributed by atoms with E-state index in [4.69, 9.17) is 11.6 Å². The lowest BCUT2D eigenvalue weighted by atomic mass is 10.1. The van der Waals surface area contributed by atoms with Gasteiger partial charge in [0.05, 0.1) is 11.0 Å². The average Bonchev–Trinajstić information content (AvgIpc) is 2.52. The van der Waals surface area contributed by atoms with E-state index in [-0.39, 0.29) is 29.3 Å². The van der Waals surface area contributed by atoms with Crippen LogP contribution in [0.1, 0.15) is 28.9 Å². The van der Waals surface area contributed by atoms with Crippen LogP contribution in [0.3, 0.4) is 0 Å². The summed E-state index contributed by atoms with van der Waals surface area (Å²) in [5, 5.41) is 24.6. The van der Waals surface area contributed by atoms with Crippen molar-refractivity contribution in [2.24, 2.45) is 0 Å². The fraction of sp³-hybridized carbons (Fsp3) is 0.188. The lowest BCUT2D eigenvalue weighted by Gasteiger charge is -2.13. The number of halogens is 1. The maximum atomic E-state index is 11.3. The van der Waals surface area contributed by atoms with Gasteiger partial charge in [-0.15, -0.1) is 0 Å². The largest absolute Gasteiger partial charge is 0.387 e. The highest BCUT2D eigenvalue weighted by Crippen LogP contribution is 2.27. The topological polar surface area (TPSA) is 92.5 Å². The molecule has 0 amide bonds. The summed E-state index contributed by atoms with van der Waals surface area (Å²) in [5.74, 6) is -0.249. The number of Topliss-reactive ketones (excluding diaryl/α,β-unsaturated/α-hetero) is 1. The Bertz CT molecular complexity index is 731. The molecule has 0 heterocycles. The minimum absolute atomic E-state index is 0.0852. The Morgan fingerprint density at radius 1 is 1.30 bits per heavy atom. The van der Waals surface area contributed by atoms with Gasteiger partial charge in [0.2, 0.25) is 0 Å². The Hall–Kier alpha value is -2.44. The van der Waals surface area contributed by atoms with Crippen LogP contribution in [0.25, 0.3) is 0 Å². The van der Waals surface area contributed by atoms with E-state index in [0.29, 0.717) is 10.6 Å². The number of benzene rings is 2. The summed E-state index contributed by atoms with van der Waals surface area (Å²) in [6.45, 7) is 1.43. The molecule has 0 fully saturated rings. The maximum Gasteiger partial charge on any atom is 0.293 e. The molecule has 2 aromatic rings. The molecule has 0 aliphatic heterocycles. The van der Waals surface area contributed by atoms with Crippen molar-refractivity contribution in [3.05, 3.63) is 68.7 Å². The minimum Gasteiger partial charge on any atom is -0.387 e. The Kier molecular flexibility index (Phi) is 5.31. The number of anilines is 1. The summed E-state index contributed by atoms with van der Waals surface area (Å²) in [6.07, 6.45) is -0.848. The first-order chi connectivity index (χ1) is 10.9. The van der Waals surface area contributed by atoms with Crippen LogP contribution in [0.2, 0.25) is 5.02 Å². The quantitative estimate of drug-likeness (QED) is 0.478. The van der Waals surface area contributed by atoms with E-state index >= 15 is 0 Å². The van der Waals surface area contributed by atoms with Crippen LogP contribution in [0.4, 0.5) is 11.4 Å². The number of rotatable bonds is 6. The monoisotopic (exact) mass is 334 g/mol. The van der Waals surface area contributed by atoms with Crippen molar-refractivity contribution in [2.75, 3.05) is 11.9 Å². The highest BCUT2D eigenvalue weighted by molar-refractivity contribution is 6.30. The van der Waals surface area contributed by atoms with Crippen LogP contribution >= 0.6 is 11.6 Å². The zero-order valence-electron chi connectivity index (χ0n) is 12.3. The highest BCUT2D eigenvalue weighted by Gasteiger charge is 2.17. The fourth-order valence-corrected chi connectivity index (χ4v) is 2.19. The Balaban J connectivity index is 2.14. The van der Waals surface area contributed by atoms with Gasteiger partial charge in [0, 0.05) is 23.2 Å². The number of aliphatic hydroxyl groups excluding tert-OH is 1. The molecule has 2 aromatic carbocycles. The molecule has 2 rings (SSSR count). The third-order valence-corrected chi connectivity index (χ3v) is 3.59. The number of hydrogen-bond donors (Lipinski definition) is 2. The first-order valence-electron chi connectivity index (χ1n) is 6.85. The molecule has 6 nitrogen and oxygen atoms in total. The smallest absolute Gasteiger partial charge is 0.293 e. The van der Waals surface area contributed by atoms with Gasteiger partial charge < -0.3 is 10.4 Å². The zero-order valence-corrected chi connectivity index (χ0v) is 13.1. The fourth-order valence-electron chi connectivity index (χ4n) is 2.06. The van der Waals surface area contributed by atoms with E-state index in [2.05, 4.69) is 5.32 Å². The predicted molar refractivity (Wildman–Crippen MR) is 88.0 cm³/mol. The van der Waals surface area contributed by atoms with Gasteiger partial charge in [0.15, 0.2) is 5.78 Å². The van der Waals surface area contributed by atoms with Crippen LogP contribution in [0.5, 0.6) is 0 Å². The molecular weight excluding hydrogens is 320 g/mol. The molecule has 0 saturated heterocycles. The van der Waals surface area contributed by atoms with E-state index in [1.807, 2.05) is 0 Å². The molecule has 1 atom stereocenters. The molecule has 7 heteroatoms. The molecule has 0 spiro atoms. The number of carbonyl (C=O) groups excluding carboxylic acids is 1. The number of ketones is 1. The molecule has 0 saturated carbocycles. The average molecular weight is 335 g/mol.